The van der Waals surface area contributed by atoms with Crippen molar-refractivity contribution in [2.24, 2.45) is 7.05 Å². The predicted molar refractivity (Wildman–Crippen MR) is 83.3 cm³/mol. The van der Waals surface area contributed by atoms with Crippen LogP contribution in [-0.2, 0) is 11.8 Å². The zero-order chi connectivity index (χ0) is 16.7. The first-order chi connectivity index (χ1) is 11.1. The quantitative estimate of drug-likeness (QED) is 0.446. The van der Waals surface area contributed by atoms with Crippen molar-refractivity contribution in [1.82, 2.24) is 5.27 Å². The molecule has 23 heavy (non-hydrogen) atoms. The number of anilines is 1. The number of thioether (sulfide) groups is 1. The van der Waals surface area contributed by atoms with E-state index in [1.54, 1.807) is 19.2 Å². The number of rotatable bonds is 8. The van der Waals surface area contributed by atoms with Crippen molar-refractivity contribution in [2.75, 3.05) is 17.7 Å². The zero-order valence-corrected chi connectivity index (χ0v) is 13.9. The number of hydrogen-bond acceptors (Lipinski definition) is 6. The second kappa shape index (κ2) is 8.42. The number of ether oxygens (including phenoxy) is 1. The number of amides is 1. The lowest BCUT2D eigenvalue weighted by atomic mass is 10.3. The fourth-order valence-electron chi connectivity index (χ4n) is 1.76. The lowest BCUT2D eigenvalue weighted by Crippen LogP contribution is -2.32. The molecule has 0 saturated carbocycles. The van der Waals surface area contributed by atoms with Crippen LogP contribution in [0, 0.1) is 0 Å². The monoisotopic (exact) mass is 337 g/mol. The van der Waals surface area contributed by atoms with E-state index in [0.717, 1.165) is 30.4 Å². The summed E-state index contributed by atoms with van der Waals surface area (Å²) in [7, 11) is 1.59. The van der Waals surface area contributed by atoms with Crippen LogP contribution in [0.3, 0.4) is 0 Å². The van der Waals surface area contributed by atoms with Crippen LogP contribution >= 0.6 is 11.8 Å². The summed E-state index contributed by atoms with van der Waals surface area (Å²) in [6, 6.07) is 7.19. The maximum atomic E-state index is 11.9. The Balaban J connectivity index is 1.81. The van der Waals surface area contributed by atoms with Crippen LogP contribution in [0.15, 0.2) is 33.8 Å². The molecule has 0 radical (unpaired) electrons. The summed E-state index contributed by atoms with van der Waals surface area (Å²) in [4.78, 5) is 11.9. The van der Waals surface area contributed by atoms with Crippen molar-refractivity contribution in [3.63, 3.8) is 0 Å². The van der Waals surface area contributed by atoms with Crippen molar-refractivity contribution >= 4 is 23.4 Å². The largest absolute Gasteiger partial charge is 0.538 e. The minimum Gasteiger partial charge on any atom is -0.538 e. The second-order valence-corrected chi connectivity index (χ2v) is 5.82. The Morgan fingerprint density at radius 2 is 2.17 bits per heavy atom. The molecular weight excluding hydrogens is 318 g/mol. The molecule has 0 fully saturated rings. The SMILES string of the molecule is CCCCOc1ccc(NC(=O)CSc2c([O-])on[n+]2C)cc1. The molecule has 0 unspecified atom stereocenters. The lowest BCUT2D eigenvalue weighted by molar-refractivity contribution is -0.772. The van der Waals surface area contributed by atoms with Crippen molar-refractivity contribution in [3.05, 3.63) is 24.3 Å². The minimum atomic E-state index is -0.543. The Morgan fingerprint density at radius 1 is 1.43 bits per heavy atom. The summed E-state index contributed by atoms with van der Waals surface area (Å²) in [6.07, 6.45) is 2.10. The van der Waals surface area contributed by atoms with Gasteiger partial charge in [0.25, 0.3) is 5.03 Å². The van der Waals surface area contributed by atoms with E-state index >= 15 is 0 Å². The first-order valence-electron chi connectivity index (χ1n) is 7.28. The number of carbonyl (C=O) groups excluding carboxylic acids is 1. The molecule has 0 aliphatic carbocycles. The Morgan fingerprint density at radius 3 is 2.78 bits per heavy atom. The molecule has 0 atom stereocenters. The minimum absolute atomic E-state index is 0.0963. The van der Waals surface area contributed by atoms with Crippen LogP contribution in [0.2, 0.25) is 0 Å². The number of aromatic nitrogens is 2. The molecule has 7 nitrogen and oxygen atoms in total. The summed E-state index contributed by atoms with van der Waals surface area (Å²) in [5, 5.41) is 17.9. The molecule has 8 heteroatoms. The number of unbranched alkanes of at least 4 members (excludes halogenated alkanes) is 1. The number of carbonyl (C=O) groups is 1. The number of hydrogen-bond donors (Lipinski definition) is 1. The summed E-state index contributed by atoms with van der Waals surface area (Å²) < 4.78 is 11.4. The Bertz CT molecular complexity index is 623. The lowest BCUT2D eigenvalue weighted by Gasteiger charge is -2.07. The Labute approximate surface area is 138 Å². The van der Waals surface area contributed by atoms with Crippen molar-refractivity contribution in [1.29, 1.82) is 0 Å². The standard InChI is InChI=1S/C15H19N3O4S/c1-3-4-9-21-12-7-5-11(6-8-12)16-13(19)10-23-14-15(20)22-17-18(14)2/h5-8H,3-4,9-10H2,1-2H3,(H-,16,17,19,20). The summed E-state index contributed by atoms with van der Waals surface area (Å²) in [6.45, 7) is 2.79. The van der Waals surface area contributed by atoms with Gasteiger partial charge in [0.2, 0.25) is 5.91 Å². The van der Waals surface area contributed by atoms with E-state index in [0.29, 0.717) is 17.3 Å². The highest BCUT2D eigenvalue weighted by Crippen LogP contribution is 2.21. The number of nitrogens with zero attached hydrogens (tertiary/aromatic N) is 2. The normalized spacial score (nSPS) is 10.5. The number of nitrogens with one attached hydrogen (secondary N) is 1. The highest BCUT2D eigenvalue weighted by molar-refractivity contribution is 7.99. The molecule has 2 aromatic rings. The van der Waals surface area contributed by atoms with Gasteiger partial charge in [0.15, 0.2) is 13.0 Å². The van der Waals surface area contributed by atoms with Gasteiger partial charge in [-0.25, -0.2) is 0 Å². The molecule has 1 amide bonds. The Hall–Kier alpha value is -2.22. The third-order valence-corrected chi connectivity index (χ3v) is 4.07. The zero-order valence-electron chi connectivity index (χ0n) is 13.1. The van der Waals surface area contributed by atoms with Crippen LogP contribution in [0.4, 0.5) is 5.69 Å². The molecule has 0 aliphatic rings. The van der Waals surface area contributed by atoms with Crippen LogP contribution in [0.25, 0.3) is 0 Å². The second-order valence-electron chi connectivity index (χ2n) is 4.85. The van der Waals surface area contributed by atoms with Gasteiger partial charge in [-0.05, 0) is 42.4 Å². The maximum Gasteiger partial charge on any atom is 0.291 e. The van der Waals surface area contributed by atoms with Crippen LogP contribution in [-0.4, -0.2) is 23.5 Å². The van der Waals surface area contributed by atoms with E-state index in [-0.39, 0.29) is 11.7 Å². The summed E-state index contributed by atoms with van der Waals surface area (Å²) in [5.41, 5.74) is 0.676. The van der Waals surface area contributed by atoms with Gasteiger partial charge in [0.1, 0.15) is 5.75 Å². The number of benzene rings is 1. The van der Waals surface area contributed by atoms with E-state index in [1.807, 2.05) is 12.1 Å². The van der Waals surface area contributed by atoms with Gasteiger partial charge in [-0.3, -0.25) is 4.79 Å². The molecule has 0 aliphatic heterocycles. The maximum absolute atomic E-state index is 11.9. The Kier molecular flexibility index (Phi) is 6.28. The van der Waals surface area contributed by atoms with Crippen LogP contribution < -0.4 is 19.8 Å². The van der Waals surface area contributed by atoms with E-state index < -0.39 is 5.95 Å². The molecule has 124 valence electrons. The van der Waals surface area contributed by atoms with E-state index in [2.05, 4.69) is 22.0 Å². The number of aryl methyl sites for hydroxylation is 1. The van der Waals surface area contributed by atoms with Crippen molar-refractivity contribution in [2.45, 2.75) is 24.8 Å². The van der Waals surface area contributed by atoms with Gasteiger partial charge >= 0.3 is 0 Å². The third kappa shape index (κ3) is 5.17. The molecule has 1 aromatic heterocycles. The first-order valence-corrected chi connectivity index (χ1v) is 8.27. The van der Waals surface area contributed by atoms with Crippen LogP contribution in [0.5, 0.6) is 11.7 Å². The van der Waals surface area contributed by atoms with Gasteiger partial charge in [-0.15, -0.1) is 0 Å². The van der Waals surface area contributed by atoms with E-state index in [1.165, 1.54) is 4.68 Å². The van der Waals surface area contributed by atoms with Gasteiger partial charge < -0.3 is 19.7 Å². The van der Waals surface area contributed by atoms with Gasteiger partial charge in [0, 0.05) is 5.69 Å². The fourth-order valence-corrected chi connectivity index (χ4v) is 2.47. The molecule has 0 spiro atoms. The molecule has 1 N–H and O–H groups in total. The predicted octanol–water partition coefficient (Wildman–Crippen LogP) is 1.48. The fraction of sp³-hybridized carbons (Fsp3) is 0.400. The summed E-state index contributed by atoms with van der Waals surface area (Å²) in [5.74, 6) is 0.117. The molecular formula is C15H19N3O4S. The molecule has 2 rings (SSSR count). The van der Waals surface area contributed by atoms with Crippen LogP contribution in [0.1, 0.15) is 19.8 Å². The molecule has 1 heterocycles. The molecule has 0 bridgehead atoms. The van der Waals surface area contributed by atoms with Crippen molar-refractivity contribution in [3.8, 4) is 11.7 Å². The van der Waals surface area contributed by atoms with Gasteiger partial charge in [-0.2, -0.15) is 0 Å². The molecule has 1 aromatic carbocycles. The first kappa shape index (κ1) is 17.1. The van der Waals surface area contributed by atoms with Crippen molar-refractivity contribution < 1.29 is 23.8 Å². The highest BCUT2D eigenvalue weighted by atomic mass is 32.2. The highest BCUT2D eigenvalue weighted by Gasteiger charge is 2.15. The third-order valence-electron chi connectivity index (χ3n) is 2.96. The average Bonchev–Trinajstić information content (AvgIpc) is 2.86. The molecule has 0 saturated heterocycles. The van der Waals surface area contributed by atoms with E-state index in [4.69, 9.17) is 4.74 Å². The van der Waals surface area contributed by atoms with E-state index in [9.17, 15) is 9.90 Å². The topological polar surface area (TPSA) is 91.3 Å². The smallest absolute Gasteiger partial charge is 0.291 e. The van der Waals surface area contributed by atoms with Gasteiger partial charge in [0.05, 0.1) is 17.6 Å². The summed E-state index contributed by atoms with van der Waals surface area (Å²) >= 11 is 1.08. The average molecular weight is 337 g/mol. The van der Waals surface area contributed by atoms with Gasteiger partial charge in [-0.1, -0.05) is 18.0 Å².